The second-order valence-electron chi connectivity index (χ2n) is 9.83. The van der Waals surface area contributed by atoms with E-state index in [-0.39, 0.29) is 0 Å². The van der Waals surface area contributed by atoms with Crippen molar-refractivity contribution in [3.05, 3.63) is 53.7 Å². The number of benzene rings is 2. The number of piperazine rings is 1. The van der Waals surface area contributed by atoms with Crippen molar-refractivity contribution in [2.75, 3.05) is 69.4 Å². The first-order chi connectivity index (χ1) is 18.3. The quantitative estimate of drug-likeness (QED) is 0.570. The summed E-state index contributed by atoms with van der Waals surface area (Å²) < 4.78 is 18.1. The minimum atomic E-state index is 0.473. The number of rotatable bonds is 3. The smallest absolute Gasteiger partial charge is 0.227 e. The molecule has 0 amide bonds. The van der Waals surface area contributed by atoms with Gasteiger partial charge in [0.05, 0.1) is 24.6 Å². The molecule has 1 aliphatic carbocycles. The number of ether oxygens (including phenoxy) is 3. The van der Waals surface area contributed by atoms with Gasteiger partial charge in [0.2, 0.25) is 5.95 Å². The summed E-state index contributed by atoms with van der Waals surface area (Å²) in [7, 11) is 0. The van der Waals surface area contributed by atoms with Gasteiger partial charge in [-0.25, -0.2) is 9.97 Å². The van der Waals surface area contributed by atoms with Gasteiger partial charge in [-0.05, 0) is 61.2 Å². The van der Waals surface area contributed by atoms with Crippen molar-refractivity contribution in [3.63, 3.8) is 0 Å². The Balaban J connectivity index is 1.30. The highest BCUT2D eigenvalue weighted by molar-refractivity contribution is 5.73. The molecule has 1 saturated heterocycles. The van der Waals surface area contributed by atoms with Crippen molar-refractivity contribution in [1.82, 2.24) is 14.9 Å². The third kappa shape index (κ3) is 5.36. The minimum Gasteiger partial charge on any atom is -0.491 e. The number of fused-ring (bicyclic) bond motifs is 4. The van der Waals surface area contributed by atoms with E-state index in [9.17, 15) is 0 Å². The number of nitrogens with one attached hydrogen (secondary N) is 1. The van der Waals surface area contributed by atoms with Crippen LogP contribution in [-0.4, -0.2) is 74.0 Å². The molecule has 3 aliphatic rings. The van der Waals surface area contributed by atoms with Crippen LogP contribution in [0.1, 0.15) is 24.5 Å². The van der Waals surface area contributed by atoms with E-state index in [0.29, 0.717) is 32.4 Å². The zero-order valence-corrected chi connectivity index (χ0v) is 21.5. The van der Waals surface area contributed by atoms with Crippen LogP contribution in [0.2, 0.25) is 0 Å². The fraction of sp³-hybridized carbons (Fsp3) is 0.448. The minimum absolute atomic E-state index is 0.473. The van der Waals surface area contributed by atoms with Crippen molar-refractivity contribution in [2.24, 2.45) is 0 Å². The van der Waals surface area contributed by atoms with E-state index in [1.807, 2.05) is 12.3 Å². The molecule has 194 valence electrons. The summed E-state index contributed by atoms with van der Waals surface area (Å²) in [6, 6.07) is 12.6. The van der Waals surface area contributed by atoms with Gasteiger partial charge in [0.1, 0.15) is 24.7 Å². The fourth-order valence-corrected chi connectivity index (χ4v) is 5.39. The van der Waals surface area contributed by atoms with Crippen molar-refractivity contribution >= 4 is 17.3 Å². The lowest BCUT2D eigenvalue weighted by atomic mass is 9.90. The molecule has 8 heteroatoms. The van der Waals surface area contributed by atoms with Gasteiger partial charge in [0.15, 0.2) is 0 Å². The Morgan fingerprint density at radius 1 is 0.892 bits per heavy atom. The summed E-state index contributed by atoms with van der Waals surface area (Å²) in [5, 5.41) is 3.42. The second-order valence-corrected chi connectivity index (χ2v) is 9.83. The van der Waals surface area contributed by atoms with Crippen molar-refractivity contribution in [1.29, 1.82) is 0 Å². The molecule has 6 bridgehead atoms. The number of aromatic nitrogens is 2. The van der Waals surface area contributed by atoms with E-state index in [2.05, 4.69) is 57.4 Å². The molecule has 2 aliphatic heterocycles. The normalized spacial score (nSPS) is 17.9. The summed E-state index contributed by atoms with van der Waals surface area (Å²) in [4.78, 5) is 14.5. The Hall–Kier alpha value is -3.36. The van der Waals surface area contributed by atoms with Crippen molar-refractivity contribution in [2.45, 2.75) is 26.2 Å². The van der Waals surface area contributed by atoms with Crippen LogP contribution in [0.3, 0.4) is 0 Å². The van der Waals surface area contributed by atoms with Crippen LogP contribution in [0.4, 0.5) is 17.3 Å². The maximum atomic E-state index is 6.27. The lowest BCUT2D eigenvalue weighted by molar-refractivity contribution is 0.0765. The molecule has 0 unspecified atom stereocenters. The SMILES string of the molecule is CCCN1CCN(c2ccc3cc2OCCOCCOc2ccc4c(c2)-c2nc(ncc2CC4)N3)CC1. The van der Waals surface area contributed by atoms with Crippen LogP contribution in [0, 0.1) is 0 Å². The zero-order valence-electron chi connectivity index (χ0n) is 21.5. The Morgan fingerprint density at radius 2 is 1.73 bits per heavy atom. The van der Waals surface area contributed by atoms with Crippen molar-refractivity contribution < 1.29 is 14.2 Å². The first-order valence-electron chi connectivity index (χ1n) is 13.5. The predicted molar refractivity (Wildman–Crippen MR) is 145 cm³/mol. The Morgan fingerprint density at radius 3 is 2.59 bits per heavy atom. The van der Waals surface area contributed by atoms with Gasteiger partial charge in [0.25, 0.3) is 0 Å². The van der Waals surface area contributed by atoms with E-state index in [4.69, 9.17) is 19.2 Å². The largest absolute Gasteiger partial charge is 0.491 e. The maximum Gasteiger partial charge on any atom is 0.227 e. The van der Waals surface area contributed by atoms with Gasteiger partial charge in [-0.1, -0.05) is 13.0 Å². The first-order valence-corrected chi connectivity index (χ1v) is 13.5. The molecule has 0 saturated carbocycles. The Labute approximate surface area is 218 Å². The standard InChI is InChI=1S/C29H35N5O3/c1-2-9-33-10-12-34(13-11-33)26-8-6-23-18-27(26)37-17-15-35-14-16-36-24-7-5-21-3-4-22-20-30-29(31-23)32-28(22)25(21)19-24/h5-8,18-20H,2-4,9-17H2,1H3,(H,30,31,32). The first kappa shape index (κ1) is 24.0. The average Bonchev–Trinajstić information content (AvgIpc) is 2.93. The lowest BCUT2D eigenvalue weighted by Crippen LogP contribution is -2.46. The molecule has 3 heterocycles. The van der Waals surface area contributed by atoms with E-state index >= 15 is 0 Å². The Bertz CT molecular complexity index is 1240. The number of anilines is 3. The van der Waals surface area contributed by atoms with Gasteiger partial charge in [-0.2, -0.15) is 0 Å². The number of aryl methyl sites for hydroxylation is 2. The monoisotopic (exact) mass is 501 g/mol. The molecule has 8 nitrogen and oxygen atoms in total. The maximum absolute atomic E-state index is 6.27. The van der Waals surface area contributed by atoms with E-state index in [1.54, 1.807) is 0 Å². The molecular formula is C29H35N5O3. The molecule has 2 aromatic carbocycles. The molecule has 6 rings (SSSR count). The third-order valence-corrected chi connectivity index (χ3v) is 7.32. The van der Waals surface area contributed by atoms with Gasteiger partial charge in [0, 0.05) is 49.7 Å². The lowest BCUT2D eigenvalue weighted by Gasteiger charge is -2.36. The summed E-state index contributed by atoms with van der Waals surface area (Å²) >= 11 is 0. The van der Waals surface area contributed by atoms with Crippen LogP contribution in [0.25, 0.3) is 11.3 Å². The topological polar surface area (TPSA) is 72.0 Å². The fourth-order valence-electron chi connectivity index (χ4n) is 5.39. The van der Waals surface area contributed by atoms with Gasteiger partial charge in [-0.15, -0.1) is 0 Å². The zero-order chi connectivity index (χ0) is 25.0. The van der Waals surface area contributed by atoms with E-state index < -0.39 is 0 Å². The molecule has 1 N–H and O–H groups in total. The van der Waals surface area contributed by atoms with E-state index in [0.717, 1.165) is 85.3 Å². The summed E-state index contributed by atoms with van der Waals surface area (Å²) in [6.45, 7) is 9.50. The van der Waals surface area contributed by atoms with Crippen LogP contribution in [0.15, 0.2) is 42.6 Å². The van der Waals surface area contributed by atoms with Gasteiger partial charge < -0.3 is 24.4 Å². The van der Waals surface area contributed by atoms with Gasteiger partial charge in [-0.3, -0.25) is 4.90 Å². The van der Waals surface area contributed by atoms with Gasteiger partial charge >= 0.3 is 0 Å². The number of hydrogen-bond donors (Lipinski definition) is 1. The summed E-state index contributed by atoms with van der Waals surface area (Å²) in [5.74, 6) is 2.27. The molecule has 1 fully saturated rings. The highest BCUT2D eigenvalue weighted by Crippen LogP contribution is 2.36. The third-order valence-electron chi connectivity index (χ3n) is 7.32. The molecule has 37 heavy (non-hydrogen) atoms. The van der Waals surface area contributed by atoms with Crippen LogP contribution in [-0.2, 0) is 17.6 Å². The predicted octanol–water partition coefficient (Wildman–Crippen LogP) is 4.31. The highest BCUT2D eigenvalue weighted by atomic mass is 16.5. The van der Waals surface area contributed by atoms with E-state index in [1.165, 1.54) is 12.0 Å². The van der Waals surface area contributed by atoms with Crippen LogP contribution >= 0.6 is 0 Å². The number of nitrogens with zero attached hydrogens (tertiary/aromatic N) is 4. The van der Waals surface area contributed by atoms with Crippen LogP contribution in [0.5, 0.6) is 11.5 Å². The number of hydrogen-bond acceptors (Lipinski definition) is 8. The molecule has 0 atom stereocenters. The molecule has 1 aromatic heterocycles. The Kier molecular flexibility index (Phi) is 7.10. The molecule has 0 spiro atoms. The average molecular weight is 502 g/mol. The summed E-state index contributed by atoms with van der Waals surface area (Å²) in [5.41, 5.74) is 6.58. The second kappa shape index (κ2) is 10.9. The van der Waals surface area contributed by atoms with Crippen LogP contribution < -0.4 is 19.7 Å². The summed E-state index contributed by atoms with van der Waals surface area (Å²) in [6.07, 6.45) is 5.06. The highest BCUT2D eigenvalue weighted by Gasteiger charge is 2.22. The molecular weight excluding hydrogens is 466 g/mol. The van der Waals surface area contributed by atoms with Crippen molar-refractivity contribution in [3.8, 4) is 22.8 Å². The molecule has 0 radical (unpaired) electrons. The molecule has 3 aromatic rings.